The fourth-order valence-electron chi connectivity index (χ4n) is 5.68. The summed E-state index contributed by atoms with van der Waals surface area (Å²) in [5, 5.41) is 11.1. The second kappa shape index (κ2) is 11.1. The molecule has 5 heterocycles. The third-order valence-corrected chi connectivity index (χ3v) is 8.84. The number of nitrogens with one attached hydrogen (secondary N) is 1. The van der Waals surface area contributed by atoms with E-state index in [1.165, 1.54) is 5.56 Å². The smallest absolute Gasteiger partial charge is 0.307 e. The molecule has 4 aliphatic rings. The van der Waals surface area contributed by atoms with Crippen LogP contribution < -0.4 is 5.32 Å². The number of aromatic nitrogens is 2. The highest BCUT2D eigenvalue weighted by Gasteiger charge is 2.48. The molecule has 0 radical (unpaired) electrons. The number of rotatable bonds is 8. The first-order valence-corrected chi connectivity index (χ1v) is 13.6. The van der Waals surface area contributed by atoms with Crippen LogP contribution in [-0.2, 0) is 14.3 Å². The molecule has 0 aliphatic carbocycles. The van der Waals surface area contributed by atoms with Crippen LogP contribution in [0.5, 0.6) is 0 Å². The van der Waals surface area contributed by atoms with Crippen molar-refractivity contribution in [1.82, 2.24) is 15.1 Å². The minimum Gasteiger partial charge on any atom is -0.456 e. The van der Waals surface area contributed by atoms with Gasteiger partial charge in [-0.2, -0.15) is 16.9 Å². The molecule has 2 atom stereocenters. The number of amides is 1. The summed E-state index contributed by atoms with van der Waals surface area (Å²) < 4.78 is 6.70. The molecule has 35 heavy (non-hydrogen) atoms. The van der Waals surface area contributed by atoms with Crippen molar-refractivity contribution >= 4 is 29.5 Å². The van der Waals surface area contributed by atoms with Gasteiger partial charge in [0.25, 0.3) is 5.91 Å². The van der Waals surface area contributed by atoms with Gasteiger partial charge in [-0.3, -0.25) is 9.59 Å². The van der Waals surface area contributed by atoms with E-state index in [2.05, 4.69) is 50.7 Å². The zero-order chi connectivity index (χ0) is 24.1. The lowest BCUT2D eigenvalue weighted by Gasteiger charge is -2.51. The van der Waals surface area contributed by atoms with Crippen molar-refractivity contribution in [2.75, 3.05) is 56.9 Å². The van der Waals surface area contributed by atoms with Crippen molar-refractivity contribution in [2.24, 2.45) is 5.92 Å². The van der Waals surface area contributed by atoms with Gasteiger partial charge >= 0.3 is 5.97 Å². The van der Waals surface area contributed by atoms with Crippen LogP contribution >= 0.6 is 11.8 Å². The van der Waals surface area contributed by atoms with Crippen molar-refractivity contribution in [3.8, 4) is 0 Å². The average molecular weight is 497 g/mol. The number of ether oxygens (including phenoxy) is 1. The molecular weight excluding hydrogens is 462 g/mol. The Kier molecular flexibility index (Phi) is 7.65. The summed E-state index contributed by atoms with van der Waals surface area (Å²) >= 11 is 2.00. The van der Waals surface area contributed by atoms with E-state index in [1.54, 1.807) is 18.3 Å². The lowest BCUT2D eigenvalue weighted by molar-refractivity contribution is -0.938. The average Bonchev–Trinajstić information content (AvgIpc) is 2.89. The number of nitrogens with zero attached hydrogens (tertiary/aromatic N) is 4. The van der Waals surface area contributed by atoms with Crippen molar-refractivity contribution in [1.29, 1.82) is 0 Å². The molecule has 4 fully saturated rings. The minimum atomic E-state index is -0.111. The third-order valence-electron chi connectivity index (χ3n) is 7.60. The largest absolute Gasteiger partial charge is 0.456 e. The maximum absolute atomic E-state index is 12.8. The number of fused-ring (bicyclic) bond motifs is 3. The van der Waals surface area contributed by atoms with Gasteiger partial charge in [0.2, 0.25) is 0 Å². The summed E-state index contributed by atoms with van der Waals surface area (Å²) in [6.07, 6.45) is 3.90. The van der Waals surface area contributed by atoms with Crippen LogP contribution in [0.3, 0.4) is 0 Å². The first kappa shape index (κ1) is 24.2. The molecule has 1 amide bonds. The Labute approximate surface area is 211 Å². The minimum absolute atomic E-state index is 0.0631. The molecule has 2 aromatic rings. The molecular formula is C26H34N5O3S+. The highest BCUT2D eigenvalue weighted by Crippen LogP contribution is 2.36. The van der Waals surface area contributed by atoms with Crippen molar-refractivity contribution < 1.29 is 18.8 Å². The second-order valence-electron chi connectivity index (χ2n) is 9.97. The topological polar surface area (TPSA) is 84.4 Å². The van der Waals surface area contributed by atoms with Crippen LogP contribution in [0.1, 0.15) is 30.1 Å². The van der Waals surface area contributed by atoms with Crippen molar-refractivity contribution in [3.05, 3.63) is 54.2 Å². The fourth-order valence-corrected chi connectivity index (χ4v) is 7.00. The number of anilines is 1. The molecule has 6 rings (SSSR count). The lowest BCUT2D eigenvalue weighted by Crippen LogP contribution is -2.66. The SMILES string of the molecule is O=C(C[N+]12CCC(CC1)[C@H](OC(=O)CCN1CCSC(c3ccccc3)C1)C2)Nc1cccnn1. The number of esters is 1. The summed E-state index contributed by atoms with van der Waals surface area (Å²) in [4.78, 5) is 27.9. The molecule has 1 N–H and O–H groups in total. The Balaban J connectivity index is 1.10. The van der Waals surface area contributed by atoms with Gasteiger partial charge in [0.15, 0.2) is 18.5 Å². The number of thioether (sulfide) groups is 1. The van der Waals surface area contributed by atoms with Gasteiger partial charge in [0.05, 0.1) is 19.5 Å². The number of benzene rings is 1. The van der Waals surface area contributed by atoms with E-state index in [0.717, 1.165) is 57.9 Å². The lowest BCUT2D eigenvalue weighted by atomic mass is 9.83. The normalized spacial score (nSPS) is 28.4. The van der Waals surface area contributed by atoms with Crippen LogP contribution in [0.25, 0.3) is 0 Å². The van der Waals surface area contributed by atoms with E-state index in [9.17, 15) is 9.59 Å². The van der Waals surface area contributed by atoms with Crippen LogP contribution in [0.4, 0.5) is 5.82 Å². The highest BCUT2D eigenvalue weighted by atomic mass is 32.2. The van der Waals surface area contributed by atoms with Crippen LogP contribution in [0.15, 0.2) is 48.7 Å². The number of hydrogen-bond donors (Lipinski definition) is 1. The Bertz CT molecular complexity index is 1000. The highest BCUT2D eigenvalue weighted by molar-refractivity contribution is 7.99. The van der Waals surface area contributed by atoms with Crippen LogP contribution in [0, 0.1) is 5.92 Å². The first-order valence-electron chi connectivity index (χ1n) is 12.6. The molecule has 2 bridgehead atoms. The summed E-state index contributed by atoms with van der Waals surface area (Å²) in [6, 6.07) is 14.1. The number of carbonyl (C=O) groups is 2. The number of piperidine rings is 3. The summed E-state index contributed by atoms with van der Waals surface area (Å²) in [5.41, 5.74) is 1.36. The van der Waals surface area contributed by atoms with Crippen molar-refractivity contribution in [3.63, 3.8) is 0 Å². The maximum atomic E-state index is 12.8. The number of quaternary nitrogens is 1. The predicted octanol–water partition coefficient (Wildman–Crippen LogP) is 2.75. The van der Waals surface area contributed by atoms with Gasteiger partial charge in [-0.25, -0.2) is 0 Å². The fraction of sp³-hybridized carbons (Fsp3) is 0.538. The second-order valence-corrected chi connectivity index (χ2v) is 11.3. The molecule has 4 saturated heterocycles. The van der Waals surface area contributed by atoms with Gasteiger partial charge in [-0.05, 0) is 17.7 Å². The zero-order valence-electron chi connectivity index (χ0n) is 20.1. The summed E-state index contributed by atoms with van der Waals surface area (Å²) in [5.74, 6) is 1.79. The van der Waals surface area contributed by atoms with E-state index in [4.69, 9.17) is 4.74 Å². The van der Waals surface area contributed by atoms with Gasteiger partial charge in [0, 0.05) is 55.6 Å². The first-order chi connectivity index (χ1) is 17.1. The molecule has 186 valence electrons. The van der Waals surface area contributed by atoms with Crippen LogP contribution in [-0.4, -0.2) is 89.1 Å². The monoisotopic (exact) mass is 496 g/mol. The van der Waals surface area contributed by atoms with Crippen LogP contribution in [0.2, 0.25) is 0 Å². The number of carbonyl (C=O) groups excluding carboxylic acids is 2. The van der Waals surface area contributed by atoms with E-state index in [1.807, 2.05) is 11.8 Å². The Hall–Kier alpha value is -2.49. The molecule has 1 aromatic heterocycles. The molecule has 0 spiro atoms. The van der Waals surface area contributed by atoms with Gasteiger partial charge in [-0.15, -0.1) is 5.10 Å². The van der Waals surface area contributed by atoms with E-state index in [-0.39, 0.29) is 18.0 Å². The Morgan fingerprint density at radius 2 is 1.97 bits per heavy atom. The van der Waals surface area contributed by atoms with Gasteiger partial charge in [-0.1, -0.05) is 30.3 Å². The van der Waals surface area contributed by atoms with E-state index < -0.39 is 0 Å². The maximum Gasteiger partial charge on any atom is 0.307 e. The molecule has 1 unspecified atom stereocenters. The van der Waals surface area contributed by atoms with E-state index in [0.29, 0.717) is 34.4 Å². The standard InChI is InChI=1S/C26H33N5O3S/c32-25(28-24-7-4-11-27-29-24)19-31-14-9-20(10-15-31)22(18-31)34-26(33)8-12-30-13-16-35-23(17-30)21-5-2-1-3-6-21/h1-7,11,20,22-23H,8-10,12-19H2/p+1/t20?,22-,23?,31?/m1/s1. The molecule has 9 heteroatoms. The number of hydrogen-bond acceptors (Lipinski definition) is 7. The predicted molar refractivity (Wildman–Crippen MR) is 136 cm³/mol. The Morgan fingerprint density at radius 3 is 2.74 bits per heavy atom. The summed E-state index contributed by atoms with van der Waals surface area (Å²) in [6.45, 7) is 5.73. The zero-order valence-corrected chi connectivity index (χ0v) is 20.9. The molecule has 0 saturated carbocycles. The third kappa shape index (κ3) is 6.20. The molecule has 4 aliphatic heterocycles. The summed E-state index contributed by atoms with van der Waals surface area (Å²) in [7, 11) is 0. The van der Waals surface area contributed by atoms with Gasteiger partial charge < -0.3 is 19.4 Å². The van der Waals surface area contributed by atoms with Crippen molar-refractivity contribution in [2.45, 2.75) is 30.6 Å². The molecule has 1 aromatic carbocycles. The molecule has 8 nitrogen and oxygen atoms in total. The Morgan fingerprint density at radius 1 is 1.14 bits per heavy atom. The van der Waals surface area contributed by atoms with Gasteiger partial charge in [0.1, 0.15) is 6.54 Å². The van der Waals surface area contributed by atoms with E-state index >= 15 is 0 Å². The quantitative estimate of drug-likeness (QED) is 0.444.